The molecule has 2 N–H and O–H groups in total. The molecule has 1 aromatic carbocycles. The molecule has 0 aliphatic carbocycles. The largest absolute Gasteiger partial charge is 0.497 e. The molecule has 3 rings (SSSR count). The molecule has 2 heterocycles. The quantitative estimate of drug-likeness (QED) is 0.556. The number of guanidine groups is 1. The van der Waals surface area contributed by atoms with Crippen molar-refractivity contribution in [3.05, 3.63) is 29.8 Å². The number of benzene rings is 1. The first-order valence-electron chi connectivity index (χ1n) is 10.6. The monoisotopic (exact) mass is 388 g/mol. The first-order chi connectivity index (χ1) is 13.6. The van der Waals surface area contributed by atoms with Gasteiger partial charge < -0.3 is 20.1 Å². The number of piperidine rings is 1. The van der Waals surface area contributed by atoms with E-state index in [-0.39, 0.29) is 5.60 Å². The molecule has 0 saturated carbocycles. The molecular formula is C22H36N4O2. The normalized spacial score (nSPS) is 24.8. The summed E-state index contributed by atoms with van der Waals surface area (Å²) in [6.45, 7) is 6.94. The maximum Gasteiger partial charge on any atom is 0.191 e. The van der Waals surface area contributed by atoms with Crippen molar-refractivity contribution in [1.82, 2.24) is 15.5 Å². The van der Waals surface area contributed by atoms with Gasteiger partial charge in [-0.15, -0.1) is 0 Å². The summed E-state index contributed by atoms with van der Waals surface area (Å²) in [5, 5.41) is 7.00. The second kappa shape index (κ2) is 10.1. The van der Waals surface area contributed by atoms with Crippen LogP contribution in [0.3, 0.4) is 0 Å². The van der Waals surface area contributed by atoms with Crippen molar-refractivity contribution in [3.8, 4) is 5.75 Å². The lowest BCUT2D eigenvalue weighted by Gasteiger charge is -2.35. The van der Waals surface area contributed by atoms with E-state index >= 15 is 0 Å². The van der Waals surface area contributed by atoms with Gasteiger partial charge in [0.15, 0.2) is 5.96 Å². The number of aliphatic imine (C=N–C) groups is 1. The number of hydrogen-bond acceptors (Lipinski definition) is 4. The van der Waals surface area contributed by atoms with Crippen LogP contribution in [0.2, 0.25) is 0 Å². The molecule has 2 aliphatic heterocycles. The lowest BCUT2D eigenvalue weighted by Crippen LogP contribution is -2.48. The van der Waals surface area contributed by atoms with Crippen LogP contribution in [0.5, 0.6) is 5.75 Å². The van der Waals surface area contributed by atoms with Gasteiger partial charge >= 0.3 is 0 Å². The van der Waals surface area contributed by atoms with Crippen LogP contribution in [0.25, 0.3) is 0 Å². The van der Waals surface area contributed by atoms with Crippen molar-refractivity contribution in [2.24, 2.45) is 4.99 Å². The molecule has 0 amide bonds. The number of ether oxygens (including phenoxy) is 2. The van der Waals surface area contributed by atoms with Crippen molar-refractivity contribution in [3.63, 3.8) is 0 Å². The van der Waals surface area contributed by atoms with Crippen LogP contribution in [-0.2, 0) is 4.74 Å². The molecule has 2 unspecified atom stereocenters. The predicted octanol–water partition coefficient (Wildman–Crippen LogP) is 2.96. The van der Waals surface area contributed by atoms with E-state index in [0.717, 1.165) is 57.3 Å². The summed E-state index contributed by atoms with van der Waals surface area (Å²) in [7, 11) is 3.54. The van der Waals surface area contributed by atoms with Gasteiger partial charge in [-0.2, -0.15) is 0 Å². The van der Waals surface area contributed by atoms with E-state index in [0.29, 0.717) is 6.04 Å². The zero-order valence-electron chi connectivity index (χ0n) is 17.7. The van der Waals surface area contributed by atoms with Crippen LogP contribution in [0.1, 0.15) is 50.6 Å². The van der Waals surface area contributed by atoms with E-state index in [1.807, 2.05) is 7.05 Å². The van der Waals surface area contributed by atoms with E-state index in [4.69, 9.17) is 9.47 Å². The van der Waals surface area contributed by atoms with Crippen LogP contribution in [0.4, 0.5) is 0 Å². The molecule has 6 heteroatoms. The molecule has 0 spiro atoms. The Morgan fingerprint density at radius 1 is 1.18 bits per heavy atom. The summed E-state index contributed by atoms with van der Waals surface area (Å²) in [5.41, 5.74) is 1.23. The van der Waals surface area contributed by atoms with Gasteiger partial charge in [-0.3, -0.25) is 9.89 Å². The fourth-order valence-electron chi connectivity index (χ4n) is 4.17. The fraction of sp³-hybridized carbons (Fsp3) is 0.682. The van der Waals surface area contributed by atoms with E-state index in [1.54, 1.807) is 7.11 Å². The molecule has 2 fully saturated rings. The minimum absolute atomic E-state index is 0.0835. The number of nitrogens with one attached hydrogen (secondary N) is 2. The number of hydrogen-bond donors (Lipinski definition) is 2. The third kappa shape index (κ3) is 5.61. The third-order valence-electron chi connectivity index (χ3n) is 5.95. The van der Waals surface area contributed by atoms with Crippen molar-refractivity contribution >= 4 is 5.96 Å². The van der Waals surface area contributed by atoms with Crippen LogP contribution in [-0.4, -0.2) is 63.4 Å². The van der Waals surface area contributed by atoms with E-state index in [9.17, 15) is 0 Å². The third-order valence-corrected chi connectivity index (χ3v) is 5.95. The van der Waals surface area contributed by atoms with Crippen molar-refractivity contribution in [2.75, 3.05) is 46.9 Å². The summed E-state index contributed by atoms with van der Waals surface area (Å²) in [6.07, 6.45) is 6.11. The molecular weight excluding hydrogens is 352 g/mol. The summed E-state index contributed by atoms with van der Waals surface area (Å²) < 4.78 is 11.2. The second-order valence-electron chi connectivity index (χ2n) is 8.09. The van der Waals surface area contributed by atoms with Crippen molar-refractivity contribution in [1.29, 1.82) is 0 Å². The first-order valence-corrected chi connectivity index (χ1v) is 10.6. The SMILES string of the molecule is CN=C(NCC(c1ccc(OC)cc1)N1CCCCC1)NCC1(C)CCCO1. The first kappa shape index (κ1) is 20.9. The van der Waals surface area contributed by atoms with Gasteiger partial charge in [-0.05, 0) is 63.4 Å². The van der Waals surface area contributed by atoms with E-state index in [2.05, 4.69) is 51.7 Å². The van der Waals surface area contributed by atoms with Gasteiger partial charge in [0.2, 0.25) is 0 Å². The second-order valence-corrected chi connectivity index (χ2v) is 8.09. The lowest BCUT2D eigenvalue weighted by atomic mass is 10.0. The number of likely N-dealkylation sites (tertiary alicyclic amines) is 1. The summed E-state index contributed by atoms with van der Waals surface area (Å²) >= 11 is 0. The molecule has 2 saturated heterocycles. The van der Waals surface area contributed by atoms with Gasteiger partial charge in [0.25, 0.3) is 0 Å². The molecule has 1 aromatic rings. The van der Waals surface area contributed by atoms with E-state index < -0.39 is 0 Å². The molecule has 28 heavy (non-hydrogen) atoms. The summed E-state index contributed by atoms with van der Waals surface area (Å²) in [5.74, 6) is 1.74. The minimum atomic E-state index is -0.0835. The van der Waals surface area contributed by atoms with E-state index in [1.165, 1.54) is 24.8 Å². The Morgan fingerprint density at radius 3 is 2.54 bits per heavy atom. The van der Waals surface area contributed by atoms with Gasteiger partial charge in [0, 0.05) is 26.7 Å². The van der Waals surface area contributed by atoms with Gasteiger partial charge in [-0.25, -0.2) is 0 Å². The zero-order valence-corrected chi connectivity index (χ0v) is 17.7. The van der Waals surface area contributed by atoms with Crippen molar-refractivity contribution < 1.29 is 9.47 Å². The molecule has 0 radical (unpaired) electrons. The smallest absolute Gasteiger partial charge is 0.191 e. The topological polar surface area (TPSA) is 58.1 Å². The molecule has 2 atom stereocenters. The van der Waals surface area contributed by atoms with Gasteiger partial charge in [0.1, 0.15) is 5.75 Å². The molecule has 0 bridgehead atoms. The van der Waals surface area contributed by atoms with Crippen LogP contribution in [0.15, 0.2) is 29.3 Å². The highest BCUT2D eigenvalue weighted by Crippen LogP contribution is 2.26. The summed E-state index contributed by atoms with van der Waals surface area (Å²) in [6, 6.07) is 8.80. The highest BCUT2D eigenvalue weighted by atomic mass is 16.5. The average Bonchev–Trinajstić information content (AvgIpc) is 3.18. The van der Waals surface area contributed by atoms with Crippen LogP contribution < -0.4 is 15.4 Å². The Morgan fingerprint density at radius 2 is 1.93 bits per heavy atom. The Labute approximate surface area is 169 Å². The molecule has 2 aliphatic rings. The minimum Gasteiger partial charge on any atom is -0.497 e. The Kier molecular flexibility index (Phi) is 7.57. The molecule has 156 valence electrons. The zero-order chi connectivity index (χ0) is 19.8. The Bertz CT molecular complexity index is 620. The van der Waals surface area contributed by atoms with Crippen LogP contribution >= 0.6 is 0 Å². The average molecular weight is 389 g/mol. The molecule has 6 nitrogen and oxygen atoms in total. The Hall–Kier alpha value is -1.79. The maximum absolute atomic E-state index is 5.88. The summed E-state index contributed by atoms with van der Waals surface area (Å²) in [4.78, 5) is 7.01. The maximum atomic E-state index is 5.88. The Balaban J connectivity index is 1.62. The predicted molar refractivity (Wildman–Crippen MR) is 114 cm³/mol. The highest BCUT2D eigenvalue weighted by Gasteiger charge is 2.30. The molecule has 0 aromatic heterocycles. The highest BCUT2D eigenvalue weighted by molar-refractivity contribution is 5.79. The van der Waals surface area contributed by atoms with Gasteiger partial charge in [-0.1, -0.05) is 18.6 Å². The lowest BCUT2D eigenvalue weighted by molar-refractivity contribution is 0.0242. The number of rotatable bonds is 7. The fourth-order valence-corrected chi connectivity index (χ4v) is 4.17. The van der Waals surface area contributed by atoms with Gasteiger partial charge in [0.05, 0.1) is 18.8 Å². The van der Waals surface area contributed by atoms with Crippen molar-refractivity contribution in [2.45, 2.75) is 50.7 Å². The number of nitrogens with zero attached hydrogens (tertiary/aromatic N) is 2. The van der Waals surface area contributed by atoms with Crippen LogP contribution in [0, 0.1) is 0 Å². The number of methoxy groups -OCH3 is 1. The standard InChI is InChI=1S/C22H36N4O2/c1-22(12-7-15-28-22)17-25-21(23-2)24-16-20(26-13-5-4-6-14-26)18-8-10-19(27-3)11-9-18/h8-11,20H,4-7,12-17H2,1-3H3,(H2,23,24,25).